The lowest BCUT2D eigenvalue weighted by Gasteiger charge is -2.08. The SMILES string of the molecule is Cc1cccc(-n2nnc(N)c2C)c1C. The first-order chi connectivity index (χ1) is 7.11. The lowest BCUT2D eigenvalue weighted by atomic mass is 10.1. The first-order valence-corrected chi connectivity index (χ1v) is 4.85. The molecule has 2 aromatic rings. The van der Waals surface area contributed by atoms with E-state index in [-0.39, 0.29) is 0 Å². The van der Waals surface area contributed by atoms with Gasteiger partial charge in [-0.25, -0.2) is 4.68 Å². The van der Waals surface area contributed by atoms with Gasteiger partial charge in [0.2, 0.25) is 0 Å². The molecule has 0 radical (unpaired) electrons. The van der Waals surface area contributed by atoms with Gasteiger partial charge in [-0.2, -0.15) is 0 Å². The van der Waals surface area contributed by atoms with Crippen molar-refractivity contribution in [3.05, 3.63) is 35.0 Å². The monoisotopic (exact) mass is 202 g/mol. The number of nitrogens with two attached hydrogens (primary N) is 1. The van der Waals surface area contributed by atoms with Crippen LogP contribution in [0.3, 0.4) is 0 Å². The van der Waals surface area contributed by atoms with Crippen LogP contribution >= 0.6 is 0 Å². The topological polar surface area (TPSA) is 56.7 Å². The fourth-order valence-corrected chi connectivity index (χ4v) is 1.53. The molecule has 4 nitrogen and oxygen atoms in total. The van der Waals surface area contributed by atoms with Gasteiger partial charge in [0, 0.05) is 0 Å². The molecule has 0 saturated carbocycles. The van der Waals surface area contributed by atoms with Crippen LogP contribution in [-0.2, 0) is 0 Å². The highest BCUT2D eigenvalue weighted by molar-refractivity contribution is 5.47. The van der Waals surface area contributed by atoms with Gasteiger partial charge in [0.25, 0.3) is 0 Å². The largest absolute Gasteiger partial charge is 0.381 e. The minimum Gasteiger partial charge on any atom is -0.381 e. The van der Waals surface area contributed by atoms with Gasteiger partial charge in [-0.05, 0) is 38.0 Å². The van der Waals surface area contributed by atoms with E-state index in [1.165, 1.54) is 11.1 Å². The van der Waals surface area contributed by atoms with Crippen molar-refractivity contribution in [2.45, 2.75) is 20.8 Å². The summed E-state index contributed by atoms with van der Waals surface area (Å²) in [4.78, 5) is 0. The number of anilines is 1. The zero-order chi connectivity index (χ0) is 11.0. The molecule has 0 aliphatic rings. The van der Waals surface area contributed by atoms with E-state index in [9.17, 15) is 0 Å². The lowest BCUT2D eigenvalue weighted by Crippen LogP contribution is -2.02. The van der Waals surface area contributed by atoms with Gasteiger partial charge < -0.3 is 5.73 Å². The second-order valence-electron chi connectivity index (χ2n) is 3.69. The van der Waals surface area contributed by atoms with E-state index in [2.05, 4.69) is 30.2 Å². The quantitative estimate of drug-likeness (QED) is 0.766. The van der Waals surface area contributed by atoms with Crippen LogP contribution in [0.2, 0.25) is 0 Å². The minimum atomic E-state index is 0.482. The van der Waals surface area contributed by atoms with Crippen LogP contribution in [0.4, 0.5) is 5.82 Å². The smallest absolute Gasteiger partial charge is 0.169 e. The molecule has 2 N–H and O–H groups in total. The number of nitrogens with zero attached hydrogens (tertiary/aromatic N) is 3. The van der Waals surface area contributed by atoms with Crippen LogP contribution in [0, 0.1) is 20.8 Å². The van der Waals surface area contributed by atoms with Crippen molar-refractivity contribution in [3.63, 3.8) is 0 Å². The summed E-state index contributed by atoms with van der Waals surface area (Å²) in [6, 6.07) is 6.10. The molecule has 0 spiro atoms. The molecule has 0 amide bonds. The van der Waals surface area contributed by atoms with Crippen molar-refractivity contribution >= 4 is 5.82 Å². The molecule has 1 aromatic carbocycles. The zero-order valence-electron chi connectivity index (χ0n) is 9.15. The van der Waals surface area contributed by atoms with Crippen molar-refractivity contribution in [2.24, 2.45) is 0 Å². The fourth-order valence-electron chi connectivity index (χ4n) is 1.53. The predicted octanol–water partition coefficient (Wildman–Crippen LogP) is 1.77. The maximum absolute atomic E-state index is 5.67. The molecule has 2 rings (SSSR count). The Hall–Kier alpha value is -1.84. The van der Waals surface area contributed by atoms with Crippen LogP contribution in [-0.4, -0.2) is 15.0 Å². The van der Waals surface area contributed by atoms with E-state index in [1.54, 1.807) is 4.68 Å². The highest BCUT2D eigenvalue weighted by Crippen LogP contribution is 2.19. The standard InChI is InChI=1S/C11H14N4/c1-7-5-4-6-10(8(7)2)15-9(3)11(12)13-14-15/h4-6H,12H2,1-3H3. The van der Waals surface area contributed by atoms with E-state index >= 15 is 0 Å². The summed E-state index contributed by atoms with van der Waals surface area (Å²) in [6.07, 6.45) is 0. The highest BCUT2D eigenvalue weighted by atomic mass is 15.4. The Morgan fingerprint density at radius 1 is 1.20 bits per heavy atom. The van der Waals surface area contributed by atoms with Crippen LogP contribution in [0.1, 0.15) is 16.8 Å². The normalized spacial score (nSPS) is 10.6. The third kappa shape index (κ3) is 1.48. The fraction of sp³-hybridized carbons (Fsp3) is 0.273. The minimum absolute atomic E-state index is 0.482. The van der Waals surface area contributed by atoms with Crippen molar-refractivity contribution in [3.8, 4) is 5.69 Å². The number of aromatic nitrogens is 3. The Kier molecular flexibility index (Phi) is 2.19. The van der Waals surface area contributed by atoms with E-state index in [4.69, 9.17) is 5.73 Å². The first-order valence-electron chi connectivity index (χ1n) is 4.85. The number of nitrogen functional groups attached to an aromatic ring is 1. The van der Waals surface area contributed by atoms with Crippen LogP contribution < -0.4 is 5.73 Å². The molecule has 0 aliphatic heterocycles. The summed E-state index contributed by atoms with van der Waals surface area (Å²) in [6.45, 7) is 6.06. The van der Waals surface area contributed by atoms with Crippen molar-refractivity contribution in [1.29, 1.82) is 0 Å². The van der Waals surface area contributed by atoms with Crippen LogP contribution in [0.25, 0.3) is 5.69 Å². The molecule has 0 atom stereocenters. The second kappa shape index (κ2) is 3.38. The van der Waals surface area contributed by atoms with Crippen molar-refractivity contribution in [2.75, 3.05) is 5.73 Å². The molecule has 15 heavy (non-hydrogen) atoms. The van der Waals surface area contributed by atoms with Gasteiger partial charge in [0.15, 0.2) is 5.82 Å². The van der Waals surface area contributed by atoms with Crippen molar-refractivity contribution < 1.29 is 0 Å². The Balaban J connectivity index is 2.64. The summed E-state index contributed by atoms with van der Waals surface area (Å²) >= 11 is 0. The van der Waals surface area contributed by atoms with Gasteiger partial charge in [-0.15, -0.1) is 5.10 Å². The van der Waals surface area contributed by atoms with Crippen molar-refractivity contribution in [1.82, 2.24) is 15.0 Å². The summed E-state index contributed by atoms with van der Waals surface area (Å²) in [7, 11) is 0. The van der Waals surface area contributed by atoms with Gasteiger partial charge in [0.05, 0.1) is 11.4 Å². The van der Waals surface area contributed by atoms with Gasteiger partial charge >= 0.3 is 0 Å². The maximum atomic E-state index is 5.67. The third-order valence-electron chi connectivity index (χ3n) is 2.73. The molecule has 0 fully saturated rings. The first kappa shape index (κ1) is 9.71. The second-order valence-corrected chi connectivity index (χ2v) is 3.69. The number of benzene rings is 1. The average molecular weight is 202 g/mol. The summed E-state index contributed by atoms with van der Waals surface area (Å²) in [5, 5.41) is 7.88. The van der Waals surface area contributed by atoms with E-state index < -0.39 is 0 Å². The molecule has 0 unspecified atom stereocenters. The molecule has 78 valence electrons. The van der Waals surface area contributed by atoms with E-state index in [0.29, 0.717) is 5.82 Å². The molecule has 0 bridgehead atoms. The van der Waals surface area contributed by atoms with E-state index in [1.807, 2.05) is 19.1 Å². The third-order valence-corrected chi connectivity index (χ3v) is 2.73. The molecule has 1 aromatic heterocycles. The van der Waals surface area contributed by atoms with Crippen LogP contribution in [0.5, 0.6) is 0 Å². The number of rotatable bonds is 1. The summed E-state index contributed by atoms with van der Waals surface area (Å²) in [5.74, 6) is 0.482. The molecular weight excluding hydrogens is 188 g/mol. The lowest BCUT2D eigenvalue weighted by molar-refractivity contribution is 0.779. The molecule has 0 aliphatic carbocycles. The van der Waals surface area contributed by atoms with Gasteiger partial charge in [0.1, 0.15) is 0 Å². The van der Waals surface area contributed by atoms with E-state index in [0.717, 1.165) is 11.4 Å². The molecule has 1 heterocycles. The summed E-state index contributed by atoms with van der Waals surface area (Å²) < 4.78 is 1.78. The average Bonchev–Trinajstić information content (AvgIpc) is 2.53. The van der Waals surface area contributed by atoms with Crippen LogP contribution in [0.15, 0.2) is 18.2 Å². The Morgan fingerprint density at radius 2 is 1.93 bits per heavy atom. The summed E-state index contributed by atoms with van der Waals surface area (Å²) in [5.41, 5.74) is 10.0. The molecule has 4 heteroatoms. The Bertz CT molecular complexity index is 499. The van der Waals surface area contributed by atoms with Gasteiger partial charge in [-0.1, -0.05) is 17.3 Å². The maximum Gasteiger partial charge on any atom is 0.169 e. The number of hydrogen-bond donors (Lipinski definition) is 1. The molecular formula is C11H14N4. The number of hydrogen-bond acceptors (Lipinski definition) is 3. The van der Waals surface area contributed by atoms with Gasteiger partial charge in [-0.3, -0.25) is 0 Å². The number of aryl methyl sites for hydroxylation is 1. The Morgan fingerprint density at radius 3 is 2.53 bits per heavy atom. The highest BCUT2D eigenvalue weighted by Gasteiger charge is 2.09. The zero-order valence-corrected chi connectivity index (χ0v) is 9.15. The Labute approximate surface area is 88.7 Å². The predicted molar refractivity (Wildman–Crippen MR) is 60.0 cm³/mol. The molecule has 0 saturated heterocycles.